The molecule has 0 aromatic heterocycles. The quantitative estimate of drug-likeness (QED) is 0.283. The maximum absolute atomic E-state index is 12.9. The van der Waals surface area contributed by atoms with Crippen LogP contribution in [0.2, 0.25) is 0 Å². The summed E-state index contributed by atoms with van der Waals surface area (Å²) in [6, 6.07) is 15.9. The van der Waals surface area contributed by atoms with E-state index in [4.69, 9.17) is 9.47 Å². The summed E-state index contributed by atoms with van der Waals surface area (Å²) >= 11 is 0. The van der Waals surface area contributed by atoms with Gasteiger partial charge in [-0.15, -0.1) is 0 Å². The minimum atomic E-state index is -4.57. The van der Waals surface area contributed by atoms with Gasteiger partial charge in [0.1, 0.15) is 11.6 Å². The van der Waals surface area contributed by atoms with Gasteiger partial charge in [-0.3, -0.25) is 9.59 Å². The molecule has 2 N–H and O–H groups in total. The Hall–Kier alpha value is -4.78. The smallest absolute Gasteiger partial charge is 0.416 e. The van der Waals surface area contributed by atoms with Gasteiger partial charge in [-0.2, -0.15) is 18.4 Å². The third-order valence-electron chi connectivity index (χ3n) is 5.46. The number of hydrogen-bond donors (Lipinski definition) is 2. The number of methoxy groups -OCH3 is 1. The van der Waals surface area contributed by atoms with Crippen LogP contribution in [0, 0.1) is 25.2 Å². The lowest BCUT2D eigenvalue weighted by atomic mass is 10.1. The molecule has 3 aromatic carbocycles. The fraction of sp³-hybridized carbons (Fsp3) is 0.179. The van der Waals surface area contributed by atoms with Crippen LogP contribution in [-0.4, -0.2) is 25.5 Å². The zero-order valence-electron chi connectivity index (χ0n) is 20.8. The Bertz CT molecular complexity index is 1430. The summed E-state index contributed by atoms with van der Waals surface area (Å²) < 4.78 is 49.7. The second-order valence-electron chi connectivity index (χ2n) is 8.25. The van der Waals surface area contributed by atoms with Crippen molar-refractivity contribution in [3.8, 4) is 17.6 Å². The van der Waals surface area contributed by atoms with E-state index in [9.17, 15) is 28.0 Å². The van der Waals surface area contributed by atoms with Gasteiger partial charge in [-0.25, -0.2) is 0 Å². The second kappa shape index (κ2) is 12.0. The van der Waals surface area contributed by atoms with Gasteiger partial charge in [0.15, 0.2) is 18.1 Å². The SMILES string of the molecule is COc1cc(/C=C(\C#N)C(=O)Nc2cccc(C(F)(F)F)c2)ccc1OCC(=O)Nc1ccc(C)c(C)c1. The number of benzene rings is 3. The Morgan fingerprint density at radius 2 is 1.68 bits per heavy atom. The van der Waals surface area contributed by atoms with Crippen LogP contribution in [0.25, 0.3) is 6.08 Å². The molecule has 0 aliphatic heterocycles. The lowest BCUT2D eigenvalue weighted by Crippen LogP contribution is -2.20. The minimum Gasteiger partial charge on any atom is -0.493 e. The van der Waals surface area contributed by atoms with Gasteiger partial charge in [0.25, 0.3) is 11.8 Å². The predicted molar refractivity (Wildman–Crippen MR) is 137 cm³/mol. The highest BCUT2D eigenvalue weighted by Gasteiger charge is 2.30. The van der Waals surface area contributed by atoms with E-state index in [-0.39, 0.29) is 35.3 Å². The fourth-order valence-electron chi connectivity index (χ4n) is 3.34. The van der Waals surface area contributed by atoms with Crippen molar-refractivity contribution >= 4 is 29.3 Å². The van der Waals surface area contributed by atoms with Gasteiger partial charge < -0.3 is 20.1 Å². The molecule has 2 amide bonds. The van der Waals surface area contributed by atoms with E-state index < -0.39 is 17.6 Å². The summed E-state index contributed by atoms with van der Waals surface area (Å²) in [5, 5.41) is 14.5. The van der Waals surface area contributed by atoms with Gasteiger partial charge in [0.05, 0.1) is 12.7 Å². The molecule has 0 spiro atoms. The Kier molecular flexibility index (Phi) is 8.76. The van der Waals surface area contributed by atoms with Crippen molar-refractivity contribution in [3.05, 3.63) is 88.5 Å². The van der Waals surface area contributed by atoms with E-state index in [1.165, 1.54) is 37.5 Å². The van der Waals surface area contributed by atoms with Crippen LogP contribution >= 0.6 is 0 Å². The van der Waals surface area contributed by atoms with Gasteiger partial charge >= 0.3 is 6.18 Å². The number of ether oxygens (including phenoxy) is 2. The molecule has 0 heterocycles. The second-order valence-corrected chi connectivity index (χ2v) is 8.25. The number of alkyl halides is 3. The van der Waals surface area contributed by atoms with Gasteiger partial charge in [0.2, 0.25) is 0 Å². The number of aryl methyl sites for hydroxylation is 2. The number of nitrogens with one attached hydrogen (secondary N) is 2. The molecule has 0 bridgehead atoms. The van der Waals surface area contributed by atoms with E-state index in [1.54, 1.807) is 12.1 Å². The Balaban J connectivity index is 1.69. The van der Waals surface area contributed by atoms with Gasteiger partial charge in [0, 0.05) is 11.4 Å². The van der Waals surface area contributed by atoms with Crippen LogP contribution in [0.5, 0.6) is 11.5 Å². The monoisotopic (exact) mass is 523 g/mol. The molecule has 196 valence electrons. The largest absolute Gasteiger partial charge is 0.493 e. The van der Waals surface area contributed by atoms with Crippen LogP contribution < -0.4 is 20.1 Å². The molecule has 0 radical (unpaired) electrons. The zero-order chi connectivity index (χ0) is 27.9. The lowest BCUT2D eigenvalue weighted by Gasteiger charge is -2.12. The summed E-state index contributed by atoms with van der Waals surface area (Å²) in [4.78, 5) is 24.8. The first kappa shape index (κ1) is 27.8. The van der Waals surface area contributed by atoms with Crippen molar-refractivity contribution in [1.29, 1.82) is 5.26 Å². The third kappa shape index (κ3) is 7.36. The molecule has 7 nitrogen and oxygen atoms in total. The molecule has 10 heteroatoms. The molecular formula is C28H24F3N3O4. The number of hydrogen-bond acceptors (Lipinski definition) is 5. The third-order valence-corrected chi connectivity index (χ3v) is 5.46. The number of halogens is 3. The van der Waals surface area contributed by atoms with Crippen LogP contribution in [0.4, 0.5) is 24.5 Å². The van der Waals surface area contributed by atoms with Crippen LogP contribution in [0.15, 0.2) is 66.2 Å². The highest BCUT2D eigenvalue weighted by molar-refractivity contribution is 6.09. The van der Waals surface area contributed by atoms with Crippen molar-refractivity contribution in [2.45, 2.75) is 20.0 Å². The van der Waals surface area contributed by atoms with E-state index in [2.05, 4.69) is 10.6 Å². The standard InChI is InChI=1S/C28H24F3N3O4/c1-17-7-9-23(11-18(17)2)33-26(35)16-38-24-10-8-19(13-25(24)37-3)12-20(15-32)27(36)34-22-6-4-5-21(14-22)28(29,30)31/h4-14H,16H2,1-3H3,(H,33,35)(H,34,36)/b20-12+. The summed E-state index contributed by atoms with van der Waals surface area (Å²) in [5.74, 6) is -0.758. The van der Waals surface area contributed by atoms with Crippen molar-refractivity contribution in [2.75, 3.05) is 24.4 Å². The first-order chi connectivity index (χ1) is 18.0. The van der Waals surface area contributed by atoms with Crippen molar-refractivity contribution in [2.24, 2.45) is 0 Å². The Morgan fingerprint density at radius 1 is 0.947 bits per heavy atom. The van der Waals surface area contributed by atoms with E-state index in [0.717, 1.165) is 29.3 Å². The van der Waals surface area contributed by atoms with E-state index >= 15 is 0 Å². The molecule has 0 aliphatic carbocycles. The predicted octanol–water partition coefficient (Wildman–Crippen LogP) is 5.89. The molecule has 0 saturated heterocycles. The number of rotatable bonds is 8. The first-order valence-corrected chi connectivity index (χ1v) is 11.3. The molecule has 0 atom stereocenters. The van der Waals surface area contributed by atoms with Crippen molar-refractivity contribution < 1.29 is 32.2 Å². The number of nitrogens with zero attached hydrogens (tertiary/aromatic N) is 1. The molecule has 3 rings (SSSR count). The summed E-state index contributed by atoms with van der Waals surface area (Å²) in [6.07, 6.45) is -3.32. The summed E-state index contributed by atoms with van der Waals surface area (Å²) in [6.45, 7) is 3.62. The minimum absolute atomic E-state index is 0.105. The first-order valence-electron chi connectivity index (χ1n) is 11.3. The molecule has 0 fully saturated rings. The normalized spacial score (nSPS) is 11.3. The molecule has 0 aliphatic rings. The lowest BCUT2D eigenvalue weighted by molar-refractivity contribution is -0.137. The van der Waals surface area contributed by atoms with Gasteiger partial charge in [-0.05, 0) is 79.1 Å². The number of carbonyl (C=O) groups excluding carboxylic acids is 2. The Morgan fingerprint density at radius 3 is 2.34 bits per heavy atom. The molecule has 3 aromatic rings. The van der Waals surface area contributed by atoms with E-state index in [1.807, 2.05) is 26.0 Å². The van der Waals surface area contributed by atoms with Crippen molar-refractivity contribution in [1.82, 2.24) is 0 Å². The van der Waals surface area contributed by atoms with Crippen molar-refractivity contribution in [3.63, 3.8) is 0 Å². The molecular weight excluding hydrogens is 499 g/mol. The highest BCUT2D eigenvalue weighted by Crippen LogP contribution is 2.31. The number of amides is 2. The number of carbonyl (C=O) groups is 2. The van der Waals surface area contributed by atoms with Gasteiger partial charge in [-0.1, -0.05) is 18.2 Å². The van der Waals surface area contributed by atoms with Crippen LogP contribution in [0.3, 0.4) is 0 Å². The highest BCUT2D eigenvalue weighted by atomic mass is 19.4. The fourth-order valence-corrected chi connectivity index (χ4v) is 3.34. The maximum atomic E-state index is 12.9. The molecule has 38 heavy (non-hydrogen) atoms. The average molecular weight is 524 g/mol. The van der Waals surface area contributed by atoms with Crippen LogP contribution in [-0.2, 0) is 15.8 Å². The van der Waals surface area contributed by atoms with Crippen LogP contribution in [0.1, 0.15) is 22.3 Å². The maximum Gasteiger partial charge on any atom is 0.416 e. The summed E-state index contributed by atoms with van der Waals surface area (Å²) in [7, 11) is 1.39. The Labute approximate surface area is 217 Å². The number of anilines is 2. The zero-order valence-corrected chi connectivity index (χ0v) is 20.8. The number of nitriles is 1. The van der Waals surface area contributed by atoms with E-state index in [0.29, 0.717) is 11.3 Å². The average Bonchev–Trinajstić information content (AvgIpc) is 2.88. The topological polar surface area (TPSA) is 100 Å². The molecule has 0 unspecified atom stereocenters. The molecule has 0 saturated carbocycles. The summed E-state index contributed by atoms with van der Waals surface area (Å²) in [5.41, 5.74) is 1.80.